The summed E-state index contributed by atoms with van der Waals surface area (Å²) in [5, 5.41) is 4.24. The zero-order valence-corrected chi connectivity index (χ0v) is 25.2. The molecule has 0 unspecified atom stereocenters. The molecule has 2 aliphatic rings. The van der Waals surface area contributed by atoms with Crippen molar-refractivity contribution in [1.29, 1.82) is 0 Å². The van der Waals surface area contributed by atoms with Gasteiger partial charge in [-0.2, -0.15) is 0 Å². The number of carbonyl (C=O) groups is 4. The van der Waals surface area contributed by atoms with Crippen molar-refractivity contribution < 1.29 is 28.7 Å². The standard InChI is InChI=1S/C32H32N2O6S2/c1-32(2,3)31(38)39-18-22-19-42-29-25(33-24(35)17-23-15-10-16-41-23)28(36)34(29)26(22)30(37)40-27(20-11-6-4-7-12-20)21-13-8-5-9-14-21/h4-16,25,27,29H,17-19H2,1-3H3,(H,33,35)/t25-,29+/m1/s1. The third kappa shape index (κ3) is 6.44. The van der Waals surface area contributed by atoms with Crippen molar-refractivity contribution in [2.75, 3.05) is 12.4 Å². The summed E-state index contributed by atoms with van der Waals surface area (Å²) in [6, 6.07) is 21.7. The van der Waals surface area contributed by atoms with Crippen LogP contribution in [0, 0.1) is 5.41 Å². The molecule has 8 nitrogen and oxygen atoms in total. The lowest BCUT2D eigenvalue weighted by Crippen LogP contribution is -2.70. The summed E-state index contributed by atoms with van der Waals surface area (Å²) >= 11 is 2.88. The van der Waals surface area contributed by atoms with E-state index in [9.17, 15) is 19.2 Å². The first-order valence-electron chi connectivity index (χ1n) is 13.6. The highest BCUT2D eigenvalue weighted by Crippen LogP contribution is 2.42. The first-order valence-corrected chi connectivity index (χ1v) is 15.5. The quantitative estimate of drug-likeness (QED) is 0.275. The Morgan fingerprint density at radius 3 is 2.19 bits per heavy atom. The molecular formula is C32H32N2O6S2. The molecule has 0 spiro atoms. The van der Waals surface area contributed by atoms with E-state index in [1.807, 2.05) is 78.2 Å². The van der Waals surface area contributed by atoms with Gasteiger partial charge in [-0.25, -0.2) is 4.79 Å². The Balaban J connectivity index is 1.42. The SMILES string of the molecule is CC(C)(C)C(=O)OCC1=C(C(=O)OC(c2ccccc2)c2ccccc2)N2C(=O)[C@@H](NC(=O)Cc3cccs3)[C@@H]2SC1. The maximum atomic E-state index is 14.0. The molecule has 0 saturated carbocycles. The van der Waals surface area contributed by atoms with Crippen molar-refractivity contribution in [2.24, 2.45) is 5.41 Å². The number of thiophene rings is 1. The van der Waals surface area contributed by atoms with E-state index in [1.165, 1.54) is 28.0 Å². The minimum Gasteiger partial charge on any atom is -0.461 e. The van der Waals surface area contributed by atoms with Gasteiger partial charge in [-0.05, 0) is 43.3 Å². The summed E-state index contributed by atoms with van der Waals surface area (Å²) in [5.74, 6) is -1.46. The normalized spacial score (nSPS) is 18.3. The van der Waals surface area contributed by atoms with E-state index in [4.69, 9.17) is 9.47 Å². The fraction of sp³-hybridized carbons (Fsp3) is 0.312. The van der Waals surface area contributed by atoms with Crippen molar-refractivity contribution in [3.05, 3.63) is 105 Å². The van der Waals surface area contributed by atoms with Crippen molar-refractivity contribution in [3.8, 4) is 0 Å². The fourth-order valence-corrected chi connectivity index (χ4v) is 6.73. The smallest absolute Gasteiger partial charge is 0.356 e. The Labute approximate surface area is 253 Å². The average molecular weight is 605 g/mol. The Morgan fingerprint density at radius 2 is 1.62 bits per heavy atom. The third-order valence-corrected chi connectivity index (χ3v) is 9.11. The monoisotopic (exact) mass is 604 g/mol. The summed E-state index contributed by atoms with van der Waals surface area (Å²) in [5.41, 5.74) is 1.35. The first-order chi connectivity index (χ1) is 20.1. The van der Waals surface area contributed by atoms with Gasteiger partial charge in [-0.1, -0.05) is 66.7 Å². The molecule has 3 heterocycles. The zero-order chi connectivity index (χ0) is 29.9. The fourth-order valence-electron chi connectivity index (χ4n) is 4.69. The molecule has 10 heteroatoms. The Kier molecular flexibility index (Phi) is 8.84. The topological polar surface area (TPSA) is 102 Å². The van der Waals surface area contributed by atoms with Gasteiger partial charge in [0.05, 0.1) is 11.8 Å². The Hall–Kier alpha value is -3.89. The second kappa shape index (κ2) is 12.5. The number of nitrogens with zero attached hydrogens (tertiary/aromatic N) is 1. The van der Waals surface area contributed by atoms with Crippen molar-refractivity contribution in [2.45, 2.75) is 44.7 Å². The molecule has 3 aromatic rings. The van der Waals surface area contributed by atoms with Gasteiger partial charge in [0.2, 0.25) is 5.91 Å². The van der Waals surface area contributed by atoms with E-state index >= 15 is 0 Å². The maximum absolute atomic E-state index is 14.0. The number of carbonyl (C=O) groups excluding carboxylic acids is 4. The highest BCUT2D eigenvalue weighted by molar-refractivity contribution is 8.00. The number of hydrogen-bond acceptors (Lipinski definition) is 8. The number of β-lactam (4-membered cyclic amide) rings is 1. The molecule has 1 aromatic heterocycles. The molecule has 2 amide bonds. The van der Waals surface area contributed by atoms with Crippen LogP contribution < -0.4 is 5.32 Å². The van der Waals surface area contributed by atoms with Crippen LogP contribution in [0.2, 0.25) is 0 Å². The van der Waals surface area contributed by atoms with Crippen LogP contribution in [0.1, 0.15) is 42.9 Å². The van der Waals surface area contributed by atoms with Gasteiger partial charge in [0.15, 0.2) is 6.10 Å². The largest absolute Gasteiger partial charge is 0.461 e. The van der Waals surface area contributed by atoms with Gasteiger partial charge in [-0.15, -0.1) is 23.1 Å². The van der Waals surface area contributed by atoms with Gasteiger partial charge >= 0.3 is 11.9 Å². The zero-order valence-electron chi connectivity index (χ0n) is 23.6. The van der Waals surface area contributed by atoms with Gasteiger partial charge in [0.1, 0.15) is 23.7 Å². The van der Waals surface area contributed by atoms with Gasteiger partial charge in [-0.3, -0.25) is 19.3 Å². The number of thioether (sulfide) groups is 1. The van der Waals surface area contributed by atoms with E-state index in [2.05, 4.69) is 5.32 Å². The molecule has 42 heavy (non-hydrogen) atoms. The van der Waals surface area contributed by atoms with Crippen LogP contribution >= 0.6 is 23.1 Å². The van der Waals surface area contributed by atoms with Gasteiger partial charge in [0, 0.05) is 16.2 Å². The highest BCUT2D eigenvalue weighted by Gasteiger charge is 2.54. The minimum atomic E-state index is -0.775. The summed E-state index contributed by atoms with van der Waals surface area (Å²) in [4.78, 5) is 55.0. The lowest BCUT2D eigenvalue weighted by Gasteiger charge is -2.49. The number of ether oxygens (including phenoxy) is 2. The van der Waals surface area contributed by atoms with Gasteiger partial charge < -0.3 is 14.8 Å². The van der Waals surface area contributed by atoms with Crippen molar-refractivity contribution >= 4 is 46.9 Å². The summed E-state index contributed by atoms with van der Waals surface area (Å²) < 4.78 is 11.7. The van der Waals surface area contributed by atoms with Crippen LogP contribution in [0.5, 0.6) is 0 Å². The van der Waals surface area contributed by atoms with Crippen molar-refractivity contribution in [3.63, 3.8) is 0 Å². The second-order valence-electron chi connectivity index (χ2n) is 11.1. The van der Waals surface area contributed by atoms with E-state index in [1.54, 1.807) is 20.8 Å². The predicted octanol–water partition coefficient (Wildman–Crippen LogP) is 4.87. The summed E-state index contributed by atoms with van der Waals surface area (Å²) in [7, 11) is 0. The molecule has 2 atom stereocenters. The minimum absolute atomic E-state index is 0.0612. The summed E-state index contributed by atoms with van der Waals surface area (Å²) in [6.07, 6.45) is -0.551. The van der Waals surface area contributed by atoms with E-state index in [-0.39, 0.29) is 24.6 Å². The van der Waals surface area contributed by atoms with Crippen LogP contribution in [-0.4, -0.2) is 52.4 Å². The summed E-state index contributed by atoms with van der Waals surface area (Å²) in [6.45, 7) is 5.09. The number of hydrogen-bond donors (Lipinski definition) is 1. The number of amides is 2. The van der Waals surface area contributed by atoms with Crippen LogP contribution in [0.15, 0.2) is 89.4 Å². The first kappa shape index (κ1) is 29.6. The molecule has 1 saturated heterocycles. The molecule has 0 bridgehead atoms. The lowest BCUT2D eigenvalue weighted by atomic mass is 9.97. The number of esters is 2. The number of fused-ring (bicyclic) bond motifs is 1. The Morgan fingerprint density at radius 1 is 0.976 bits per heavy atom. The molecule has 218 valence electrons. The number of nitrogens with one attached hydrogen (secondary N) is 1. The van der Waals surface area contributed by atoms with Gasteiger partial charge in [0.25, 0.3) is 5.91 Å². The van der Waals surface area contributed by atoms with E-state index in [0.717, 1.165) is 16.0 Å². The molecular weight excluding hydrogens is 572 g/mol. The average Bonchev–Trinajstić information content (AvgIpc) is 3.50. The maximum Gasteiger partial charge on any atom is 0.356 e. The lowest BCUT2D eigenvalue weighted by molar-refractivity contribution is -0.155. The number of benzene rings is 2. The molecule has 0 radical (unpaired) electrons. The Bertz CT molecular complexity index is 1440. The molecule has 2 aliphatic heterocycles. The van der Waals surface area contributed by atoms with Crippen LogP contribution in [0.3, 0.4) is 0 Å². The highest BCUT2D eigenvalue weighted by atomic mass is 32.2. The molecule has 1 fully saturated rings. The van der Waals surface area contributed by atoms with Crippen LogP contribution in [0.25, 0.3) is 0 Å². The van der Waals surface area contributed by atoms with Crippen LogP contribution in [0.4, 0.5) is 0 Å². The van der Waals surface area contributed by atoms with E-state index in [0.29, 0.717) is 11.3 Å². The van der Waals surface area contributed by atoms with Crippen LogP contribution in [-0.2, 0) is 35.1 Å². The van der Waals surface area contributed by atoms with E-state index < -0.39 is 40.8 Å². The molecule has 1 N–H and O–H groups in total. The molecule has 0 aliphatic carbocycles. The molecule has 2 aromatic carbocycles. The molecule has 5 rings (SSSR count). The number of rotatable bonds is 9. The second-order valence-corrected chi connectivity index (χ2v) is 13.2. The third-order valence-electron chi connectivity index (χ3n) is 6.89. The predicted molar refractivity (Wildman–Crippen MR) is 161 cm³/mol. The van der Waals surface area contributed by atoms with Crippen molar-refractivity contribution in [1.82, 2.24) is 10.2 Å².